The van der Waals surface area contributed by atoms with E-state index >= 15 is 0 Å². The van der Waals surface area contributed by atoms with Gasteiger partial charge >= 0.3 is 92.8 Å². The quantitative estimate of drug-likeness (QED) is 0.787. The molecule has 0 aliphatic heterocycles. The summed E-state index contributed by atoms with van der Waals surface area (Å²) < 4.78 is 1.82. The van der Waals surface area contributed by atoms with Gasteiger partial charge in [0, 0.05) is 0 Å². The summed E-state index contributed by atoms with van der Waals surface area (Å²) in [4.78, 5) is 10.8. The predicted octanol–water partition coefficient (Wildman–Crippen LogP) is 1.42. The van der Waals surface area contributed by atoms with Gasteiger partial charge in [0.15, 0.2) is 0 Å². The van der Waals surface area contributed by atoms with E-state index in [9.17, 15) is 0 Å². The Kier molecular flexibility index (Phi) is 2.72. The Morgan fingerprint density at radius 2 is 2.07 bits per heavy atom. The molecule has 2 aromatic heterocycles. The Labute approximate surface area is 92.8 Å². The van der Waals surface area contributed by atoms with Crippen LogP contribution in [0.15, 0.2) is 24.5 Å². The van der Waals surface area contributed by atoms with E-state index in [2.05, 4.69) is 35.2 Å². The van der Waals surface area contributed by atoms with Gasteiger partial charge in [0.25, 0.3) is 0 Å². The Balaban J connectivity index is 2.37. The number of hydrogen-bond donors (Lipinski definition) is 0. The van der Waals surface area contributed by atoms with E-state index in [1.165, 1.54) is 0 Å². The van der Waals surface area contributed by atoms with Crippen LogP contribution in [0.3, 0.4) is 0 Å². The van der Waals surface area contributed by atoms with Crippen LogP contribution in [0.5, 0.6) is 0 Å². The molecule has 0 aliphatic rings. The molecular formula is C9H13N5Sn. The van der Waals surface area contributed by atoms with Gasteiger partial charge < -0.3 is 0 Å². The fourth-order valence-corrected chi connectivity index (χ4v) is 3.13. The van der Waals surface area contributed by atoms with Crippen molar-refractivity contribution >= 4 is 18.7 Å². The molecule has 15 heavy (non-hydrogen) atoms. The molecule has 0 fully saturated rings. The van der Waals surface area contributed by atoms with Crippen LogP contribution in [0.1, 0.15) is 0 Å². The summed E-state index contributed by atoms with van der Waals surface area (Å²) >= 11 is -2.24. The number of nitrogens with zero attached hydrogens (tertiary/aromatic N) is 5. The van der Waals surface area contributed by atoms with Crippen molar-refractivity contribution in [2.24, 2.45) is 0 Å². The summed E-state index contributed by atoms with van der Waals surface area (Å²) in [5.41, 5.74) is 0.916. The molecule has 5 nitrogen and oxygen atoms in total. The van der Waals surface area contributed by atoms with Gasteiger partial charge in [-0.1, -0.05) is 0 Å². The van der Waals surface area contributed by atoms with Crippen molar-refractivity contribution in [3.8, 4) is 11.4 Å². The Bertz CT molecular complexity index is 445. The second kappa shape index (κ2) is 3.88. The maximum absolute atomic E-state index is 4.40. The summed E-state index contributed by atoms with van der Waals surface area (Å²) in [6.07, 6.45) is 3.48. The van der Waals surface area contributed by atoms with E-state index < -0.39 is 18.7 Å². The Morgan fingerprint density at radius 3 is 2.60 bits per heavy atom. The van der Waals surface area contributed by atoms with E-state index in [1.807, 2.05) is 15.2 Å². The number of hydrogen-bond acceptors (Lipinski definition) is 4. The molecule has 0 bridgehead atoms. The van der Waals surface area contributed by atoms with Crippen molar-refractivity contribution in [2.75, 3.05) is 0 Å². The van der Waals surface area contributed by atoms with Crippen molar-refractivity contribution < 1.29 is 0 Å². The van der Waals surface area contributed by atoms with Gasteiger partial charge in [0.1, 0.15) is 0 Å². The van der Waals surface area contributed by atoms with Crippen molar-refractivity contribution in [3.05, 3.63) is 24.5 Å². The molecule has 0 saturated heterocycles. The number of pyridine rings is 1. The van der Waals surface area contributed by atoms with Gasteiger partial charge in [-0.3, -0.25) is 0 Å². The zero-order valence-electron chi connectivity index (χ0n) is 9.05. The third-order valence-electron chi connectivity index (χ3n) is 1.93. The first kappa shape index (κ1) is 10.5. The van der Waals surface area contributed by atoms with Gasteiger partial charge in [0.05, 0.1) is 0 Å². The van der Waals surface area contributed by atoms with E-state index in [0.29, 0.717) is 5.82 Å². The first-order chi connectivity index (χ1) is 7.07. The third-order valence-corrected chi connectivity index (χ3v) is 5.90. The fourth-order valence-electron chi connectivity index (χ4n) is 1.11. The molecule has 0 spiro atoms. The molecule has 0 N–H and O–H groups in total. The van der Waals surface area contributed by atoms with Gasteiger partial charge in [-0.2, -0.15) is 0 Å². The van der Waals surface area contributed by atoms with Crippen LogP contribution >= 0.6 is 0 Å². The van der Waals surface area contributed by atoms with Crippen LogP contribution in [-0.4, -0.2) is 42.1 Å². The van der Waals surface area contributed by atoms with Crippen LogP contribution in [0.25, 0.3) is 11.4 Å². The van der Waals surface area contributed by atoms with E-state index in [0.717, 1.165) is 5.56 Å². The molecule has 0 saturated carbocycles. The number of tetrazole rings is 1. The molecule has 0 radical (unpaired) electrons. The number of aromatic nitrogens is 5. The van der Waals surface area contributed by atoms with Crippen LogP contribution < -0.4 is 0 Å². The summed E-state index contributed by atoms with van der Waals surface area (Å²) in [6, 6.07) is 3.81. The molecule has 0 unspecified atom stereocenters. The second-order valence-corrected chi connectivity index (χ2v) is 17.8. The zero-order valence-corrected chi connectivity index (χ0v) is 11.9. The van der Waals surface area contributed by atoms with Crippen molar-refractivity contribution in [2.45, 2.75) is 14.8 Å². The standard InChI is InChI=1S/C6H4N5.3CH3.Sn/c1-2-5(4-7-3-1)6-8-10-11-9-6;;;;/h1-4H;3*1H3;/q-1;;;;+1. The minimum atomic E-state index is -2.24. The molecule has 78 valence electrons. The van der Waals surface area contributed by atoms with Gasteiger partial charge in [-0.05, 0) is 0 Å². The molecule has 0 amide bonds. The Hall–Kier alpha value is -0.981. The van der Waals surface area contributed by atoms with Crippen molar-refractivity contribution in [1.82, 2.24) is 23.4 Å². The average Bonchev–Trinajstić information content (AvgIpc) is 2.67. The van der Waals surface area contributed by atoms with Gasteiger partial charge in [0.2, 0.25) is 0 Å². The second-order valence-electron chi connectivity index (χ2n) is 4.32. The Morgan fingerprint density at radius 1 is 1.27 bits per heavy atom. The first-order valence-electron chi connectivity index (χ1n) is 4.78. The van der Waals surface area contributed by atoms with E-state index in [-0.39, 0.29) is 0 Å². The van der Waals surface area contributed by atoms with Gasteiger partial charge in [-0.15, -0.1) is 0 Å². The van der Waals surface area contributed by atoms with Crippen molar-refractivity contribution in [3.63, 3.8) is 0 Å². The summed E-state index contributed by atoms with van der Waals surface area (Å²) in [5.74, 6) is 0.662. The van der Waals surface area contributed by atoms with Gasteiger partial charge in [-0.25, -0.2) is 0 Å². The minimum absolute atomic E-state index is 0.662. The third kappa shape index (κ3) is 2.33. The molecular weight excluding hydrogens is 297 g/mol. The average molecular weight is 310 g/mol. The fraction of sp³-hybridized carbons (Fsp3) is 0.333. The summed E-state index contributed by atoms with van der Waals surface area (Å²) in [7, 11) is 0. The summed E-state index contributed by atoms with van der Waals surface area (Å²) in [6.45, 7) is 0. The molecule has 2 aromatic rings. The normalized spacial score (nSPS) is 11.7. The topological polar surface area (TPSA) is 56.5 Å². The van der Waals surface area contributed by atoms with Crippen LogP contribution in [0.4, 0.5) is 0 Å². The monoisotopic (exact) mass is 311 g/mol. The van der Waals surface area contributed by atoms with Crippen LogP contribution in [0, 0.1) is 0 Å². The zero-order chi connectivity index (χ0) is 10.9. The first-order valence-corrected chi connectivity index (χ1v) is 14.6. The molecule has 6 heteroatoms. The van der Waals surface area contributed by atoms with Crippen LogP contribution in [-0.2, 0) is 0 Å². The summed E-state index contributed by atoms with van der Waals surface area (Å²) in [5, 5.41) is 12.6. The van der Waals surface area contributed by atoms with Crippen molar-refractivity contribution in [1.29, 1.82) is 0 Å². The molecule has 2 heterocycles. The maximum atomic E-state index is 4.40. The SMILES string of the molecule is [CH3][Sn]([CH3])([CH3])[n]1nnc(-c2cccnc2)n1. The molecule has 0 aromatic carbocycles. The van der Waals surface area contributed by atoms with Crippen LogP contribution in [0.2, 0.25) is 14.8 Å². The molecule has 0 atom stereocenters. The predicted molar refractivity (Wildman–Crippen MR) is 59.8 cm³/mol. The van der Waals surface area contributed by atoms with E-state index in [4.69, 9.17) is 0 Å². The van der Waals surface area contributed by atoms with E-state index in [1.54, 1.807) is 12.4 Å². The molecule has 2 rings (SSSR count). The number of rotatable bonds is 2. The molecule has 0 aliphatic carbocycles.